The molecule has 2 aliphatic heterocycles. The van der Waals surface area contributed by atoms with Crippen LogP contribution in [-0.4, -0.2) is 49.9 Å². The Morgan fingerprint density at radius 2 is 2.00 bits per heavy atom. The molecule has 6 nitrogen and oxygen atoms in total. The Labute approximate surface area is 191 Å². The van der Waals surface area contributed by atoms with Gasteiger partial charge in [0.2, 0.25) is 0 Å². The van der Waals surface area contributed by atoms with Crippen molar-refractivity contribution in [2.24, 2.45) is 5.41 Å². The first-order valence-corrected chi connectivity index (χ1v) is 10.8. The van der Waals surface area contributed by atoms with Gasteiger partial charge in [-0.1, -0.05) is 23.7 Å². The lowest BCUT2D eigenvalue weighted by Crippen LogP contribution is -2.52. The Hall–Kier alpha value is -3.11. The van der Waals surface area contributed by atoms with E-state index in [0.29, 0.717) is 61.5 Å². The molecule has 1 atom stereocenters. The van der Waals surface area contributed by atoms with E-state index >= 15 is 0 Å². The van der Waals surface area contributed by atoms with E-state index in [1.165, 1.54) is 12.1 Å². The lowest BCUT2D eigenvalue weighted by Gasteiger charge is -2.40. The van der Waals surface area contributed by atoms with Crippen LogP contribution in [0.25, 0.3) is 0 Å². The minimum Gasteiger partial charge on any atom is -0.477 e. The zero-order valence-corrected chi connectivity index (χ0v) is 18.4. The van der Waals surface area contributed by atoms with Crippen LogP contribution in [0.1, 0.15) is 28.8 Å². The van der Waals surface area contributed by atoms with Crippen molar-refractivity contribution in [1.29, 1.82) is 5.26 Å². The number of amides is 1. The van der Waals surface area contributed by atoms with Crippen molar-refractivity contribution in [1.82, 2.24) is 4.90 Å². The van der Waals surface area contributed by atoms with Gasteiger partial charge in [-0.2, -0.15) is 5.26 Å². The monoisotopic (exact) mass is 455 g/mol. The molecule has 0 spiro atoms. The Balaban J connectivity index is 1.43. The van der Waals surface area contributed by atoms with E-state index < -0.39 is 11.5 Å². The van der Waals surface area contributed by atoms with E-state index in [0.717, 1.165) is 11.3 Å². The number of anilines is 1. The molecule has 0 N–H and O–H groups in total. The fourth-order valence-electron chi connectivity index (χ4n) is 4.39. The molecule has 0 aliphatic carbocycles. The standard InChI is InChI=1S/C24H23ClFN3O3/c1-28-13-22(32-21-10-17(14-30)19(25)11-20(21)28)23(31)29-8-6-24(15-27,7-9-29)12-16-2-4-18(26)5-3-16/h2-5,10-11,14,22H,6-9,12-13H2,1H3. The second-order valence-electron chi connectivity index (χ2n) is 8.47. The third-order valence-electron chi connectivity index (χ3n) is 6.33. The predicted molar refractivity (Wildman–Crippen MR) is 118 cm³/mol. The SMILES string of the molecule is CN1CC(C(=O)N2CCC(C#N)(Cc3ccc(F)cc3)CC2)Oc2cc(C=O)c(Cl)cc21. The quantitative estimate of drug-likeness (QED) is 0.654. The van der Waals surface area contributed by atoms with Crippen LogP contribution in [0.2, 0.25) is 5.02 Å². The van der Waals surface area contributed by atoms with Gasteiger partial charge in [0.15, 0.2) is 12.4 Å². The highest BCUT2D eigenvalue weighted by atomic mass is 35.5. The molecule has 2 heterocycles. The summed E-state index contributed by atoms with van der Waals surface area (Å²) in [6.45, 7) is 1.26. The maximum Gasteiger partial charge on any atom is 0.265 e. The van der Waals surface area contributed by atoms with Crippen molar-refractivity contribution >= 4 is 29.5 Å². The molecule has 4 rings (SSSR count). The van der Waals surface area contributed by atoms with Crippen molar-refractivity contribution in [2.75, 3.05) is 31.6 Å². The first-order chi connectivity index (χ1) is 15.3. The number of likely N-dealkylation sites (N-methyl/N-ethyl adjacent to an activating group) is 1. The Bertz CT molecular complexity index is 1080. The topological polar surface area (TPSA) is 73.6 Å². The van der Waals surface area contributed by atoms with Gasteiger partial charge in [0, 0.05) is 25.7 Å². The van der Waals surface area contributed by atoms with Crippen molar-refractivity contribution in [3.05, 3.63) is 58.4 Å². The molecule has 8 heteroatoms. The first-order valence-electron chi connectivity index (χ1n) is 10.5. The lowest BCUT2D eigenvalue weighted by atomic mass is 9.75. The van der Waals surface area contributed by atoms with E-state index in [1.807, 2.05) is 11.9 Å². The molecule has 2 aliphatic rings. The molecule has 166 valence electrons. The van der Waals surface area contributed by atoms with Gasteiger partial charge in [-0.3, -0.25) is 9.59 Å². The molecule has 2 aromatic carbocycles. The van der Waals surface area contributed by atoms with Gasteiger partial charge in [0.1, 0.15) is 11.6 Å². The molecular formula is C24H23ClFN3O3. The molecule has 0 bridgehead atoms. The minimum absolute atomic E-state index is 0.140. The largest absolute Gasteiger partial charge is 0.477 e. The molecule has 0 radical (unpaired) electrons. The number of fused-ring (bicyclic) bond motifs is 1. The molecule has 2 aromatic rings. The third-order valence-corrected chi connectivity index (χ3v) is 6.65. The summed E-state index contributed by atoms with van der Waals surface area (Å²) in [4.78, 5) is 28.0. The van der Waals surface area contributed by atoms with Crippen LogP contribution >= 0.6 is 11.6 Å². The summed E-state index contributed by atoms with van der Waals surface area (Å²) in [6, 6.07) is 11.9. The van der Waals surface area contributed by atoms with E-state index in [2.05, 4.69) is 6.07 Å². The van der Waals surface area contributed by atoms with Crippen LogP contribution in [0.15, 0.2) is 36.4 Å². The predicted octanol–water partition coefficient (Wildman–Crippen LogP) is 3.86. The Morgan fingerprint density at radius 3 is 2.62 bits per heavy atom. The number of nitrogens with zero attached hydrogens (tertiary/aromatic N) is 3. The summed E-state index contributed by atoms with van der Waals surface area (Å²) >= 11 is 6.12. The average molecular weight is 456 g/mol. The summed E-state index contributed by atoms with van der Waals surface area (Å²) < 4.78 is 19.1. The second-order valence-corrected chi connectivity index (χ2v) is 8.87. The van der Waals surface area contributed by atoms with E-state index in [1.54, 1.807) is 29.2 Å². The van der Waals surface area contributed by atoms with Crippen LogP contribution in [-0.2, 0) is 11.2 Å². The number of nitriles is 1. The average Bonchev–Trinajstić information content (AvgIpc) is 2.80. The summed E-state index contributed by atoms with van der Waals surface area (Å²) in [7, 11) is 1.85. The highest BCUT2D eigenvalue weighted by Crippen LogP contribution is 2.38. The number of carbonyl (C=O) groups is 2. The number of rotatable bonds is 4. The molecule has 1 saturated heterocycles. The van der Waals surface area contributed by atoms with E-state index in [-0.39, 0.29) is 11.7 Å². The number of benzene rings is 2. The Morgan fingerprint density at radius 1 is 1.31 bits per heavy atom. The van der Waals surface area contributed by atoms with Gasteiger partial charge in [-0.15, -0.1) is 0 Å². The zero-order chi connectivity index (χ0) is 22.9. The first kappa shape index (κ1) is 22.1. The van der Waals surface area contributed by atoms with Crippen LogP contribution in [0.5, 0.6) is 5.75 Å². The number of hydrogen-bond acceptors (Lipinski definition) is 5. The molecular weight excluding hydrogens is 433 g/mol. The number of halogens is 2. The van der Waals surface area contributed by atoms with Gasteiger partial charge in [0.05, 0.1) is 28.7 Å². The summed E-state index contributed by atoms with van der Waals surface area (Å²) in [6.07, 6.45) is 1.55. The maximum atomic E-state index is 13.2. The van der Waals surface area contributed by atoms with Gasteiger partial charge in [0.25, 0.3) is 5.91 Å². The number of hydrogen-bond donors (Lipinski definition) is 0. The number of ether oxygens (including phenoxy) is 1. The minimum atomic E-state index is -0.708. The molecule has 0 aromatic heterocycles. The van der Waals surface area contributed by atoms with Crippen molar-refractivity contribution < 1.29 is 18.7 Å². The van der Waals surface area contributed by atoms with Crippen LogP contribution in [0, 0.1) is 22.6 Å². The van der Waals surface area contributed by atoms with Crippen LogP contribution in [0.3, 0.4) is 0 Å². The molecule has 32 heavy (non-hydrogen) atoms. The van der Waals surface area contributed by atoms with Gasteiger partial charge >= 0.3 is 0 Å². The van der Waals surface area contributed by atoms with Gasteiger partial charge in [-0.05, 0) is 49.1 Å². The number of aldehydes is 1. The zero-order valence-electron chi connectivity index (χ0n) is 17.7. The summed E-state index contributed by atoms with van der Waals surface area (Å²) in [5, 5.41) is 10.2. The second kappa shape index (κ2) is 8.79. The van der Waals surface area contributed by atoms with Crippen molar-refractivity contribution in [2.45, 2.75) is 25.4 Å². The normalized spacial score (nSPS) is 19.5. The molecule has 1 fully saturated rings. The van der Waals surface area contributed by atoms with Gasteiger partial charge in [-0.25, -0.2) is 4.39 Å². The third kappa shape index (κ3) is 4.28. The lowest BCUT2D eigenvalue weighted by molar-refractivity contribution is -0.140. The Kier molecular flexibility index (Phi) is 6.07. The smallest absolute Gasteiger partial charge is 0.265 e. The van der Waals surface area contributed by atoms with Crippen molar-refractivity contribution in [3.8, 4) is 11.8 Å². The number of likely N-dealkylation sites (tertiary alicyclic amines) is 1. The summed E-state index contributed by atoms with van der Waals surface area (Å²) in [5.74, 6) is 0.00319. The maximum absolute atomic E-state index is 13.2. The summed E-state index contributed by atoms with van der Waals surface area (Å²) in [5.41, 5.74) is 1.36. The van der Waals surface area contributed by atoms with Gasteiger partial charge < -0.3 is 14.5 Å². The molecule has 0 saturated carbocycles. The fourth-order valence-corrected chi connectivity index (χ4v) is 4.59. The van der Waals surface area contributed by atoms with Crippen LogP contribution < -0.4 is 9.64 Å². The van der Waals surface area contributed by atoms with E-state index in [4.69, 9.17) is 16.3 Å². The molecule has 1 amide bonds. The highest BCUT2D eigenvalue weighted by molar-refractivity contribution is 6.33. The number of carbonyl (C=O) groups excluding carboxylic acids is 2. The highest BCUT2D eigenvalue weighted by Gasteiger charge is 2.39. The van der Waals surface area contributed by atoms with E-state index in [9.17, 15) is 19.2 Å². The number of piperidine rings is 1. The van der Waals surface area contributed by atoms with Crippen LogP contribution in [0.4, 0.5) is 10.1 Å². The fraction of sp³-hybridized carbons (Fsp3) is 0.375. The van der Waals surface area contributed by atoms with Crippen molar-refractivity contribution in [3.63, 3.8) is 0 Å². The molecule has 1 unspecified atom stereocenters.